The SMILES string of the molecule is N#CCCC(F)(CO)CO. The van der Waals surface area contributed by atoms with Gasteiger partial charge in [0.2, 0.25) is 0 Å². The second kappa shape index (κ2) is 4.20. The zero-order valence-electron chi connectivity index (χ0n) is 5.55. The predicted octanol–water partition coefficient (Wildman–Crippen LogP) is -0.0169. The molecule has 0 saturated carbocycles. The van der Waals surface area contributed by atoms with Gasteiger partial charge in [-0.05, 0) is 6.42 Å². The lowest BCUT2D eigenvalue weighted by atomic mass is 10.0. The second-order valence-corrected chi connectivity index (χ2v) is 2.13. The summed E-state index contributed by atoms with van der Waals surface area (Å²) in [5.41, 5.74) is -1.98. The first-order valence-electron chi connectivity index (χ1n) is 2.96. The Balaban J connectivity index is 3.71. The zero-order chi connectivity index (χ0) is 8.04. The molecule has 0 unspecified atom stereocenters. The average molecular weight is 147 g/mol. The van der Waals surface area contributed by atoms with E-state index < -0.39 is 18.9 Å². The minimum Gasteiger partial charge on any atom is -0.393 e. The fourth-order valence-corrected chi connectivity index (χ4v) is 0.488. The molecule has 0 saturated heterocycles. The molecule has 0 fully saturated rings. The summed E-state index contributed by atoms with van der Waals surface area (Å²) in [7, 11) is 0. The lowest BCUT2D eigenvalue weighted by molar-refractivity contribution is 0.0108. The van der Waals surface area contributed by atoms with E-state index in [1.807, 2.05) is 0 Å². The molecule has 10 heavy (non-hydrogen) atoms. The first-order valence-corrected chi connectivity index (χ1v) is 2.96. The summed E-state index contributed by atoms with van der Waals surface area (Å²) < 4.78 is 12.8. The van der Waals surface area contributed by atoms with Gasteiger partial charge >= 0.3 is 0 Å². The van der Waals surface area contributed by atoms with Crippen molar-refractivity contribution in [1.82, 2.24) is 0 Å². The van der Waals surface area contributed by atoms with Gasteiger partial charge in [-0.15, -0.1) is 0 Å². The summed E-state index contributed by atoms with van der Waals surface area (Å²) >= 11 is 0. The van der Waals surface area contributed by atoms with Crippen LogP contribution in [0.2, 0.25) is 0 Å². The van der Waals surface area contributed by atoms with Crippen molar-refractivity contribution >= 4 is 0 Å². The van der Waals surface area contributed by atoms with Crippen molar-refractivity contribution in [1.29, 1.82) is 5.26 Å². The van der Waals surface area contributed by atoms with Crippen molar-refractivity contribution in [2.75, 3.05) is 13.2 Å². The Morgan fingerprint density at radius 3 is 2.20 bits per heavy atom. The number of nitriles is 1. The molecule has 0 heterocycles. The molecule has 4 heteroatoms. The molecular formula is C6H10FNO2. The van der Waals surface area contributed by atoms with Crippen LogP contribution in [0.15, 0.2) is 0 Å². The van der Waals surface area contributed by atoms with Gasteiger partial charge in [0.05, 0.1) is 19.3 Å². The number of aliphatic hydroxyl groups excluding tert-OH is 2. The molecule has 0 spiro atoms. The van der Waals surface area contributed by atoms with Gasteiger partial charge < -0.3 is 10.2 Å². The van der Waals surface area contributed by atoms with Crippen LogP contribution in [0.3, 0.4) is 0 Å². The van der Waals surface area contributed by atoms with Gasteiger partial charge in [0.1, 0.15) is 0 Å². The largest absolute Gasteiger partial charge is 0.393 e. The fourth-order valence-electron chi connectivity index (χ4n) is 0.488. The van der Waals surface area contributed by atoms with Crippen molar-refractivity contribution in [3.05, 3.63) is 0 Å². The number of halogens is 1. The molecule has 0 atom stereocenters. The van der Waals surface area contributed by atoms with Crippen LogP contribution in [0.25, 0.3) is 0 Å². The lowest BCUT2D eigenvalue weighted by Gasteiger charge is -2.17. The van der Waals surface area contributed by atoms with Crippen LogP contribution in [0, 0.1) is 11.3 Å². The van der Waals surface area contributed by atoms with E-state index in [1.54, 1.807) is 6.07 Å². The van der Waals surface area contributed by atoms with E-state index in [4.69, 9.17) is 15.5 Å². The summed E-state index contributed by atoms with van der Waals surface area (Å²) in [6.45, 7) is -1.46. The van der Waals surface area contributed by atoms with E-state index in [1.165, 1.54) is 0 Å². The van der Waals surface area contributed by atoms with Gasteiger partial charge in [0.15, 0.2) is 5.67 Å². The molecule has 0 aliphatic carbocycles. The predicted molar refractivity (Wildman–Crippen MR) is 32.9 cm³/mol. The highest BCUT2D eigenvalue weighted by Crippen LogP contribution is 2.15. The molecule has 0 aromatic heterocycles. The summed E-state index contributed by atoms with van der Waals surface area (Å²) in [5.74, 6) is 0. The lowest BCUT2D eigenvalue weighted by Crippen LogP contribution is -2.31. The van der Waals surface area contributed by atoms with Gasteiger partial charge in [-0.3, -0.25) is 0 Å². The normalized spacial score (nSPS) is 11.0. The molecule has 0 radical (unpaired) electrons. The third-order valence-electron chi connectivity index (χ3n) is 1.25. The van der Waals surface area contributed by atoms with Gasteiger partial charge in [-0.1, -0.05) is 0 Å². The monoisotopic (exact) mass is 147 g/mol. The minimum atomic E-state index is -1.98. The van der Waals surface area contributed by atoms with E-state index in [2.05, 4.69) is 0 Å². The van der Waals surface area contributed by atoms with Crippen LogP contribution < -0.4 is 0 Å². The van der Waals surface area contributed by atoms with Crippen LogP contribution in [0.1, 0.15) is 12.8 Å². The Morgan fingerprint density at radius 2 is 1.90 bits per heavy atom. The fraction of sp³-hybridized carbons (Fsp3) is 0.833. The number of nitrogens with zero attached hydrogens (tertiary/aromatic N) is 1. The van der Waals surface area contributed by atoms with Crippen molar-refractivity contribution in [2.45, 2.75) is 18.5 Å². The Kier molecular flexibility index (Phi) is 3.93. The molecule has 0 aliphatic heterocycles. The molecule has 0 aromatic carbocycles. The third-order valence-corrected chi connectivity index (χ3v) is 1.25. The number of rotatable bonds is 4. The van der Waals surface area contributed by atoms with Gasteiger partial charge in [0, 0.05) is 6.42 Å². The summed E-state index contributed by atoms with van der Waals surface area (Å²) in [6, 6.07) is 1.73. The zero-order valence-corrected chi connectivity index (χ0v) is 5.55. The molecular weight excluding hydrogens is 137 g/mol. The number of alkyl halides is 1. The molecule has 0 amide bonds. The highest BCUT2D eigenvalue weighted by Gasteiger charge is 2.26. The third kappa shape index (κ3) is 2.76. The molecule has 0 aromatic rings. The molecule has 0 rings (SSSR count). The quantitative estimate of drug-likeness (QED) is 0.587. The summed E-state index contributed by atoms with van der Waals surface area (Å²) in [5, 5.41) is 24.8. The number of hydrogen-bond donors (Lipinski definition) is 2. The average Bonchev–Trinajstić information content (AvgIpc) is 2.00. The first-order chi connectivity index (χ1) is 4.68. The Morgan fingerprint density at radius 1 is 1.40 bits per heavy atom. The first kappa shape index (κ1) is 9.34. The van der Waals surface area contributed by atoms with Crippen LogP contribution in [-0.4, -0.2) is 29.1 Å². The maximum Gasteiger partial charge on any atom is 0.157 e. The Hall–Kier alpha value is -0.660. The van der Waals surface area contributed by atoms with Crippen LogP contribution in [-0.2, 0) is 0 Å². The maximum atomic E-state index is 12.8. The summed E-state index contributed by atoms with van der Waals surface area (Å²) in [6.07, 6.45) is -0.103. The molecule has 58 valence electrons. The Labute approximate surface area is 58.7 Å². The van der Waals surface area contributed by atoms with Crippen LogP contribution >= 0.6 is 0 Å². The number of hydrogen-bond acceptors (Lipinski definition) is 3. The highest BCUT2D eigenvalue weighted by atomic mass is 19.1. The van der Waals surface area contributed by atoms with E-state index >= 15 is 0 Å². The second-order valence-electron chi connectivity index (χ2n) is 2.13. The Bertz CT molecular complexity index is 128. The van der Waals surface area contributed by atoms with Gasteiger partial charge in [-0.25, -0.2) is 4.39 Å². The van der Waals surface area contributed by atoms with E-state index in [-0.39, 0.29) is 12.8 Å². The standard InChI is InChI=1S/C6H10FNO2/c7-6(4-9,5-10)2-1-3-8/h9-10H,1-2,4-5H2. The molecule has 0 aliphatic rings. The maximum absolute atomic E-state index is 12.8. The smallest absolute Gasteiger partial charge is 0.157 e. The molecule has 2 N–H and O–H groups in total. The van der Waals surface area contributed by atoms with E-state index in [0.29, 0.717) is 0 Å². The topological polar surface area (TPSA) is 64.2 Å². The molecule has 0 bridgehead atoms. The van der Waals surface area contributed by atoms with Crippen molar-refractivity contribution in [3.8, 4) is 6.07 Å². The van der Waals surface area contributed by atoms with Crippen LogP contribution in [0.5, 0.6) is 0 Å². The van der Waals surface area contributed by atoms with Crippen molar-refractivity contribution in [3.63, 3.8) is 0 Å². The van der Waals surface area contributed by atoms with Crippen LogP contribution in [0.4, 0.5) is 4.39 Å². The van der Waals surface area contributed by atoms with Gasteiger partial charge in [-0.2, -0.15) is 5.26 Å². The van der Waals surface area contributed by atoms with Crippen molar-refractivity contribution in [2.24, 2.45) is 0 Å². The minimum absolute atomic E-state index is 0.0115. The highest BCUT2D eigenvalue weighted by molar-refractivity contribution is 4.82. The number of aliphatic hydroxyl groups is 2. The van der Waals surface area contributed by atoms with E-state index in [9.17, 15) is 4.39 Å². The molecule has 3 nitrogen and oxygen atoms in total. The summed E-state index contributed by atoms with van der Waals surface area (Å²) in [4.78, 5) is 0. The van der Waals surface area contributed by atoms with E-state index in [0.717, 1.165) is 0 Å². The van der Waals surface area contributed by atoms with Crippen molar-refractivity contribution < 1.29 is 14.6 Å². The van der Waals surface area contributed by atoms with Gasteiger partial charge in [0.25, 0.3) is 0 Å².